The molecule has 6 nitrogen and oxygen atoms in total. The number of hydrogen-bond acceptors (Lipinski definition) is 4. The Bertz CT molecular complexity index is 1170. The average Bonchev–Trinajstić information content (AvgIpc) is 3.16. The minimum Gasteiger partial charge on any atom is -0.475 e. The quantitative estimate of drug-likeness (QED) is 0.362. The van der Waals surface area contributed by atoms with E-state index in [4.69, 9.17) is 4.74 Å². The van der Waals surface area contributed by atoms with Gasteiger partial charge in [0, 0.05) is 37.5 Å². The molecule has 1 fully saturated rings. The number of carbonyl (C=O) groups excluding carboxylic acids is 1. The summed E-state index contributed by atoms with van der Waals surface area (Å²) in [5.41, 5.74) is 0.600. The zero-order valence-corrected chi connectivity index (χ0v) is 20.1. The molecular weight excluding hydrogens is 483 g/mol. The lowest BCUT2D eigenvalue weighted by Crippen LogP contribution is -2.57. The molecule has 2 aromatic heterocycles. The van der Waals surface area contributed by atoms with Crippen molar-refractivity contribution in [3.8, 4) is 5.88 Å². The summed E-state index contributed by atoms with van der Waals surface area (Å²) in [6.07, 6.45) is 0.522. The Labute approximate surface area is 205 Å². The number of alkyl halides is 5. The Balaban J connectivity index is 1.87. The molecule has 36 heavy (non-hydrogen) atoms. The summed E-state index contributed by atoms with van der Waals surface area (Å²) in [7, 11) is 1.60. The molecule has 0 spiro atoms. The highest BCUT2D eigenvalue weighted by Gasteiger charge is 2.47. The highest BCUT2D eigenvalue weighted by molar-refractivity contribution is 5.98. The number of amides is 1. The lowest BCUT2D eigenvalue weighted by atomic mass is 9.88. The number of ether oxygens (including phenoxy) is 1. The zero-order chi connectivity index (χ0) is 26.8. The Hall–Kier alpha value is -3.50. The Morgan fingerprint density at radius 3 is 2.56 bits per heavy atom. The fourth-order valence-electron chi connectivity index (χ4n) is 3.98. The Morgan fingerprint density at radius 2 is 1.97 bits per heavy atom. The van der Waals surface area contributed by atoms with Crippen molar-refractivity contribution in [3.63, 3.8) is 0 Å². The standard InChI is InChI=1S/C25H27F5N4O2/c1-15(2)6-7-16(3)19-12-33(5)32-22(19)23(35)34-14-24(26,27)10-17(4)20(34)13-36-21-9-8-18(11-31-21)25(28,29)30/h6-9,11-12,17,20H,1,3,10,13-14H2,2,4-5H3/b7-6-/t17-,20?/m1/s1. The van der Waals surface area contributed by atoms with E-state index in [2.05, 4.69) is 23.2 Å². The third-order valence-electron chi connectivity index (χ3n) is 5.75. The number of hydrogen-bond donors (Lipinski definition) is 0. The van der Waals surface area contributed by atoms with Crippen LogP contribution in [-0.2, 0) is 13.2 Å². The van der Waals surface area contributed by atoms with Crippen molar-refractivity contribution >= 4 is 11.5 Å². The van der Waals surface area contributed by atoms with Crippen LogP contribution >= 0.6 is 0 Å². The van der Waals surface area contributed by atoms with Gasteiger partial charge in [0.25, 0.3) is 11.8 Å². The first-order valence-corrected chi connectivity index (χ1v) is 11.1. The maximum Gasteiger partial charge on any atom is 0.417 e. The summed E-state index contributed by atoms with van der Waals surface area (Å²) >= 11 is 0. The van der Waals surface area contributed by atoms with Crippen molar-refractivity contribution in [2.75, 3.05) is 13.2 Å². The van der Waals surface area contributed by atoms with Crippen LogP contribution in [0.1, 0.15) is 41.9 Å². The lowest BCUT2D eigenvalue weighted by molar-refractivity contribution is -0.137. The molecule has 2 aromatic rings. The highest BCUT2D eigenvalue weighted by atomic mass is 19.4. The normalized spacial score (nSPS) is 19.9. The first-order chi connectivity index (χ1) is 16.7. The van der Waals surface area contributed by atoms with Gasteiger partial charge in [-0.1, -0.05) is 37.8 Å². The van der Waals surface area contributed by atoms with Crippen LogP contribution in [0.5, 0.6) is 5.88 Å². The number of aryl methyl sites for hydroxylation is 1. The summed E-state index contributed by atoms with van der Waals surface area (Å²) in [4.78, 5) is 18.2. The number of aromatic nitrogens is 3. The van der Waals surface area contributed by atoms with Crippen molar-refractivity contribution in [1.82, 2.24) is 19.7 Å². The Morgan fingerprint density at radius 1 is 1.28 bits per heavy atom. The topological polar surface area (TPSA) is 60.2 Å². The van der Waals surface area contributed by atoms with Gasteiger partial charge in [0.1, 0.15) is 6.61 Å². The minimum atomic E-state index is -4.55. The number of nitrogens with zero attached hydrogens (tertiary/aromatic N) is 4. The molecule has 1 aliphatic heterocycles. The number of pyridine rings is 1. The van der Waals surface area contributed by atoms with Crippen molar-refractivity contribution in [2.45, 2.75) is 38.4 Å². The second-order valence-corrected chi connectivity index (χ2v) is 9.00. The van der Waals surface area contributed by atoms with Crippen LogP contribution in [0.4, 0.5) is 22.0 Å². The van der Waals surface area contributed by atoms with Crippen molar-refractivity contribution in [1.29, 1.82) is 0 Å². The van der Waals surface area contributed by atoms with Crippen molar-refractivity contribution in [2.24, 2.45) is 13.0 Å². The van der Waals surface area contributed by atoms with Crippen LogP contribution in [0.25, 0.3) is 5.57 Å². The van der Waals surface area contributed by atoms with Gasteiger partial charge in [0.2, 0.25) is 5.88 Å². The second kappa shape index (κ2) is 10.2. The van der Waals surface area contributed by atoms with E-state index in [-0.39, 0.29) is 18.2 Å². The summed E-state index contributed by atoms with van der Waals surface area (Å²) in [6.45, 7) is 9.98. The van der Waals surface area contributed by atoms with Crippen LogP contribution < -0.4 is 4.74 Å². The lowest BCUT2D eigenvalue weighted by Gasteiger charge is -2.42. The number of piperidine rings is 1. The number of likely N-dealkylation sites (tertiary alicyclic amines) is 1. The summed E-state index contributed by atoms with van der Waals surface area (Å²) in [5.74, 6) is -4.65. The Kier molecular flexibility index (Phi) is 7.70. The summed E-state index contributed by atoms with van der Waals surface area (Å²) in [6, 6.07) is 1.06. The summed E-state index contributed by atoms with van der Waals surface area (Å²) < 4.78 is 74.3. The van der Waals surface area contributed by atoms with Gasteiger partial charge in [-0.05, 0) is 24.5 Å². The fourth-order valence-corrected chi connectivity index (χ4v) is 3.98. The van der Waals surface area contributed by atoms with Gasteiger partial charge < -0.3 is 9.64 Å². The van der Waals surface area contributed by atoms with E-state index in [1.165, 1.54) is 4.68 Å². The SMILES string of the molecule is C=C(C)/C=C\C(=C)c1cn(C)nc1C(=O)N1CC(F)(F)C[C@@H](C)C1COc1ccc(C(F)(F)F)cn1. The molecule has 3 heterocycles. The molecule has 0 aromatic carbocycles. The van der Waals surface area contributed by atoms with Crippen molar-refractivity contribution < 1.29 is 31.5 Å². The molecule has 194 valence electrons. The first-order valence-electron chi connectivity index (χ1n) is 11.1. The monoisotopic (exact) mass is 510 g/mol. The van der Waals surface area contributed by atoms with Gasteiger partial charge in [-0.25, -0.2) is 13.8 Å². The predicted molar refractivity (Wildman–Crippen MR) is 124 cm³/mol. The average molecular weight is 511 g/mol. The van der Waals surface area contributed by atoms with Crippen LogP contribution in [0.15, 0.2) is 55.4 Å². The van der Waals surface area contributed by atoms with Gasteiger partial charge in [-0.15, -0.1) is 0 Å². The van der Waals surface area contributed by atoms with E-state index in [1.54, 1.807) is 39.2 Å². The van der Waals surface area contributed by atoms with E-state index in [0.717, 1.165) is 22.6 Å². The van der Waals surface area contributed by atoms with E-state index in [1.807, 2.05) is 0 Å². The van der Waals surface area contributed by atoms with E-state index in [9.17, 15) is 26.7 Å². The zero-order valence-electron chi connectivity index (χ0n) is 20.1. The highest BCUT2D eigenvalue weighted by Crippen LogP contribution is 2.36. The van der Waals surface area contributed by atoms with Gasteiger partial charge >= 0.3 is 6.18 Å². The van der Waals surface area contributed by atoms with Gasteiger partial charge in [-0.3, -0.25) is 9.48 Å². The molecule has 2 atom stereocenters. The third kappa shape index (κ3) is 6.38. The molecule has 0 N–H and O–H groups in total. The first kappa shape index (κ1) is 27.1. The van der Waals surface area contributed by atoms with Crippen molar-refractivity contribution in [3.05, 3.63) is 72.2 Å². The smallest absolute Gasteiger partial charge is 0.417 e. The van der Waals surface area contributed by atoms with Crippen LogP contribution in [0.2, 0.25) is 0 Å². The van der Waals surface area contributed by atoms with Crippen LogP contribution in [-0.4, -0.2) is 50.7 Å². The maximum atomic E-state index is 14.5. The van der Waals surface area contributed by atoms with Gasteiger partial charge in [0.15, 0.2) is 5.69 Å². The predicted octanol–water partition coefficient (Wildman–Crippen LogP) is 5.54. The largest absolute Gasteiger partial charge is 0.475 e. The summed E-state index contributed by atoms with van der Waals surface area (Å²) in [5, 5.41) is 4.20. The number of allylic oxidation sites excluding steroid dienone is 4. The number of halogens is 5. The van der Waals surface area contributed by atoms with E-state index < -0.39 is 48.5 Å². The minimum absolute atomic E-state index is 0.0450. The van der Waals surface area contributed by atoms with E-state index in [0.29, 0.717) is 17.3 Å². The van der Waals surface area contributed by atoms with Gasteiger partial charge in [0.05, 0.1) is 18.2 Å². The third-order valence-corrected chi connectivity index (χ3v) is 5.75. The molecule has 0 radical (unpaired) electrons. The molecule has 0 aliphatic carbocycles. The molecule has 3 rings (SSSR count). The molecule has 1 aliphatic rings. The molecule has 0 saturated carbocycles. The van der Waals surface area contributed by atoms with Crippen LogP contribution in [0.3, 0.4) is 0 Å². The molecule has 11 heteroatoms. The maximum absolute atomic E-state index is 14.5. The van der Waals surface area contributed by atoms with Gasteiger partial charge in [-0.2, -0.15) is 18.3 Å². The fraction of sp³-hybridized carbons (Fsp3) is 0.400. The molecule has 1 unspecified atom stereocenters. The molecule has 1 amide bonds. The number of rotatable bonds is 7. The second-order valence-electron chi connectivity index (χ2n) is 9.00. The van der Waals surface area contributed by atoms with E-state index >= 15 is 0 Å². The molecular formula is C25H27F5N4O2. The molecule has 1 saturated heterocycles. The molecule has 0 bridgehead atoms. The number of carbonyl (C=O) groups is 1. The van der Waals surface area contributed by atoms with Crippen LogP contribution in [0, 0.1) is 5.92 Å².